The van der Waals surface area contributed by atoms with Crippen LogP contribution < -0.4 is 25.2 Å². The summed E-state index contributed by atoms with van der Waals surface area (Å²) in [5.41, 5.74) is 5.88. The number of primary amides is 1. The monoisotopic (exact) mass is 469 g/mol. The van der Waals surface area contributed by atoms with E-state index in [4.69, 9.17) is 26.8 Å². The molecule has 2 rings (SSSR count). The molecule has 0 aliphatic rings. The summed E-state index contributed by atoms with van der Waals surface area (Å²) in [6.07, 6.45) is -0.266. The highest BCUT2D eigenvalue weighted by molar-refractivity contribution is 7.89. The van der Waals surface area contributed by atoms with Gasteiger partial charge in [-0.2, -0.15) is 4.72 Å². The van der Waals surface area contributed by atoms with E-state index in [0.717, 1.165) is 0 Å². The number of nitrogens with one attached hydrogen (secondary N) is 2. The van der Waals surface area contributed by atoms with Gasteiger partial charge in [0.25, 0.3) is 0 Å². The second-order valence-corrected chi connectivity index (χ2v) is 8.69. The quantitative estimate of drug-likeness (QED) is 0.457. The summed E-state index contributed by atoms with van der Waals surface area (Å²) in [6.45, 7) is 0.106. The third-order valence-corrected chi connectivity index (χ3v) is 6.07. The molecule has 0 saturated carbocycles. The average Bonchev–Trinajstić information content (AvgIpc) is 2.74. The summed E-state index contributed by atoms with van der Waals surface area (Å²) < 4.78 is 38.0. The molecular weight excluding hydrogens is 446 g/mol. The fourth-order valence-corrected chi connectivity index (χ4v) is 4.06. The number of benzene rings is 2. The predicted octanol–water partition coefficient (Wildman–Crippen LogP) is 1.59. The number of halogens is 1. The van der Waals surface area contributed by atoms with Crippen LogP contribution in [0.5, 0.6) is 11.5 Å². The Hall–Kier alpha value is -2.82. The third kappa shape index (κ3) is 7.12. The highest BCUT2D eigenvalue weighted by Gasteiger charge is 2.26. The largest absolute Gasteiger partial charge is 0.493 e. The Bertz CT molecular complexity index is 1030. The molecule has 2 aromatic carbocycles. The van der Waals surface area contributed by atoms with Crippen molar-refractivity contribution in [2.24, 2.45) is 5.73 Å². The minimum atomic E-state index is -4.03. The van der Waals surface area contributed by atoms with Crippen LogP contribution in [-0.4, -0.2) is 40.5 Å². The Morgan fingerprint density at radius 3 is 2.29 bits per heavy atom. The maximum absolute atomic E-state index is 12.7. The van der Waals surface area contributed by atoms with E-state index in [-0.39, 0.29) is 24.3 Å². The van der Waals surface area contributed by atoms with Gasteiger partial charge in [-0.25, -0.2) is 8.42 Å². The molecule has 4 N–H and O–H groups in total. The number of methoxy groups -OCH3 is 2. The van der Waals surface area contributed by atoms with Crippen molar-refractivity contribution in [3.8, 4) is 11.5 Å². The van der Waals surface area contributed by atoms with Gasteiger partial charge in [-0.1, -0.05) is 17.7 Å². The van der Waals surface area contributed by atoms with Crippen LogP contribution in [0.25, 0.3) is 0 Å². The molecular formula is C20H24ClN3O6S. The summed E-state index contributed by atoms with van der Waals surface area (Å²) >= 11 is 5.80. The fraction of sp³-hybridized carbons (Fsp3) is 0.300. The van der Waals surface area contributed by atoms with Gasteiger partial charge in [-0.05, 0) is 48.4 Å². The molecule has 0 radical (unpaired) electrons. The van der Waals surface area contributed by atoms with Crippen LogP contribution in [-0.2, 0) is 26.2 Å². The van der Waals surface area contributed by atoms with Crippen LogP contribution in [0.2, 0.25) is 5.02 Å². The minimum Gasteiger partial charge on any atom is -0.493 e. The molecule has 0 aliphatic heterocycles. The zero-order valence-electron chi connectivity index (χ0n) is 17.1. The van der Waals surface area contributed by atoms with E-state index in [9.17, 15) is 18.0 Å². The molecule has 168 valence electrons. The van der Waals surface area contributed by atoms with Gasteiger partial charge in [0, 0.05) is 18.0 Å². The molecule has 0 saturated heterocycles. The van der Waals surface area contributed by atoms with Gasteiger partial charge in [0.05, 0.1) is 19.1 Å². The molecule has 0 spiro atoms. The van der Waals surface area contributed by atoms with Crippen molar-refractivity contribution in [1.82, 2.24) is 10.0 Å². The zero-order valence-corrected chi connectivity index (χ0v) is 18.6. The first-order valence-corrected chi connectivity index (χ1v) is 11.1. The molecule has 0 unspecified atom stereocenters. The SMILES string of the molecule is COc1ccc(CNC(=O)[C@H](CCC(N)=O)NS(=O)(=O)c2ccc(Cl)cc2)cc1OC. The highest BCUT2D eigenvalue weighted by atomic mass is 35.5. The molecule has 2 amide bonds. The lowest BCUT2D eigenvalue weighted by Crippen LogP contribution is -2.46. The van der Waals surface area contributed by atoms with Gasteiger partial charge >= 0.3 is 0 Å². The summed E-state index contributed by atoms with van der Waals surface area (Å²) in [4.78, 5) is 23.8. The molecule has 0 aliphatic carbocycles. The number of nitrogens with two attached hydrogens (primary N) is 1. The van der Waals surface area contributed by atoms with Crippen molar-refractivity contribution in [1.29, 1.82) is 0 Å². The lowest BCUT2D eigenvalue weighted by atomic mass is 10.1. The van der Waals surface area contributed by atoms with Crippen molar-refractivity contribution in [3.63, 3.8) is 0 Å². The zero-order chi connectivity index (χ0) is 23.0. The predicted molar refractivity (Wildman–Crippen MR) is 115 cm³/mol. The van der Waals surface area contributed by atoms with Gasteiger partial charge in [0.15, 0.2) is 11.5 Å². The van der Waals surface area contributed by atoms with E-state index in [1.807, 2.05) is 0 Å². The standard InChI is InChI=1S/C20H24ClN3O6S/c1-29-17-9-3-13(11-18(17)30-2)12-23-20(26)16(8-10-19(22)25)24-31(27,28)15-6-4-14(21)5-7-15/h3-7,9,11,16,24H,8,10,12H2,1-2H3,(H2,22,25)(H,23,26)/t16-/m0/s1. The Kier molecular flexibility index (Phi) is 8.66. The van der Waals surface area contributed by atoms with Gasteiger partial charge in [-0.3, -0.25) is 9.59 Å². The topological polar surface area (TPSA) is 137 Å². The molecule has 1 atom stereocenters. The Labute approximate surface area is 185 Å². The number of carbonyl (C=O) groups is 2. The van der Waals surface area contributed by atoms with E-state index in [2.05, 4.69) is 10.0 Å². The lowest BCUT2D eigenvalue weighted by Gasteiger charge is -2.18. The van der Waals surface area contributed by atoms with Crippen LogP contribution in [0.3, 0.4) is 0 Å². The fourth-order valence-electron chi connectivity index (χ4n) is 2.70. The Morgan fingerprint density at radius 1 is 1.06 bits per heavy atom. The number of hydrogen-bond donors (Lipinski definition) is 3. The second kappa shape index (κ2) is 11.0. The maximum Gasteiger partial charge on any atom is 0.241 e. The van der Waals surface area contributed by atoms with Crippen molar-refractivity contribution in [2.45, 2.75) is 30.3 Å². The molecule has 0 fully saturated rings. The number of carbonyl (C=O) groups excluding carboxylic acids is 2. The molecule has 9 nitrogen and oxygen atoms in total. The average molecular weight is 470 g/mol. The van der Waals surface area contributed by atoms with E-state index < -0.39 is 27.9 Å². The van der Waals surface area contributed by atoms with Crippen LogP contribution in [0, 0.1) is 0 Å². The van der Waals surface area contributed by atoms with Gasteiger partial charge < -0.3 is 20.5 Å². The highest BCUT2D eigenvalue weighted by Crippen LogP contribution is 2.27. The van der Waals surface area contributed by atoms with Gasteiger partial charge in [0.2, 0.25) is 21.8 Å². The smallest absolute Gasteiger partial charge is 0.241 e. The first-order chi connectivity index (χ1) is 14.7. The second-order valence-electron chi connectivity index (χ2n) is 6.54. The number of amides is 2. The maximum atomic E-state index is 12.7. The summed E-state index contributed by atoms with van der Waals surface area (Å²) in [7, 11) is -1.03. The molecule has 11 heteroatoms. The number of hydrogen-bond acceptors (Lipinski definition) is 6. The molecule has 2 aromatic rings. The molecule has 31 heavy (non-hydrogen) atoms. The van der Waals surface area contributed by atoms with Crippen molar-refractivity contribution < 1.29 is 27.5 Å². The van der Waals surface area contributed by atoms with Gasteiger partial charge in [-0.15, -0.1) is 0 Å². The summed E-state index contributed by atoms with van der Waals surface area (Å²) in [6, 6.07) is 9.39. The summed E-state index contributed by atoms with van der Waals surface area (Å²) in [5, 5.41) is 3.03. The normalized spacial score (nSPS) is 12.1. The van der Waals surface area contributed by atoms with Crippen LogP contribution in [0.15, 0.2) is 47.4 Å². The summed E-state index contributed by atoms with van der Waals surface area (Å²) in [5.74, 6) is -0.229. The van der Waals surface area contributed by atoms with Crippen molar-refractivity contribution in [2.75, 3.05) is 14.2 Å². The number of ether oxygens (including phenoxy) is 2. The number of rotatable bonds is 11. The molecule has 0 heterocycles. The first-order valence-electron chi connectivity index (χ1n) is 9.21. The third-order valence-electron chi connectivity index (χ3n) is 4.33. The van der Waals surface area contributed by atoms with E-state index in [1.165, 1.54) is 38.5 Å². The number of sulfonamides is 1. The van der Waals surface area contributed by atoms with Crippen molar-refractivity contribution in [3.05, 3.63) is 53.1 Å². The molecule has 0 aromatic heterocycles. The Morgan fingerprint density at radius 2 is 1.71 bits per heavy atom. The van der Waals surface area contributed by atoms with E-state index >= 15 is 0 Å². The first kappa shape index (κ1) is 24.4. The van der Waals surface area contributed by atoms with Gasteiger partial charge in [0.1, 0.15) is 6.04 Å². The minimum absolute atomic E-state index is 0.0614. The van der Waals surface area contributed by atoms with Crippen LogP contribution in [0.1, 0.15) is 18.4 Å². The molecule has 0 bridgehead atoms. The van der Waals surface area contributed by atoms with E-state index in [1.54, 1.807) is 18.2 Å². The van der Waals surface area contributed by atoms with Crippen LogP contribution >= 0.6 is 11.6 Å². The Balaban J connectivity index is 2.14. The van der Waals surface area contributed by atoms with E-state index in [0.29, 0.717) is 22.1 Å². The van der Waals surface area contributed by atoms with Crippen molar-refractivity contribution >= 4 is 33.4 Å². The lowest BCUT2D eigenvalue weighted by molar-refractivity contribution is -0.123. The van der Waals surface area contributed by atoms with Crippen LogP contribution in [0.4, 0.5) is 0 Å².